The van der Waals surface area contributed by atoms with Gasteiger partial charge in [0.25, 0.3) is 0 Å². The molecule has 0 saturated heterocycles. The Labute approximate surface area is 171 Å². The van der Waals surface area contributed by atoms with E-state index in [0.29, 0.717) is 18.1 Å². The van der Waals surface area contributed by atoms with E-state index in [-0.39, 0.29) is 18.5 Å². The van der Waals surface area contributed by atoms with Crippen LogP contribution in [0.4, 0.5) is 5.69 Å². The van der Waals surface area contributed by atoms with E-state index in [4.69, 9.17) is 16.0 Å². The van der Waals surface area contributed by atoms with Gasteiger partial charge in [0.2, 0.25) is 0 Å². The predicted octanol–water partition coefficient (Wildman–Crippen LogP) is 4.80. The number of hydrogen-bond acceptors (Lipinski definition) is 5. The molecule has 7 heteroatoms. The zero-order valence-electron chi connectivity index (χ0n) is 17.7. The molecule has 0 saturated carbocycles. The van der Waals surface area contributed by atoms with Gasteiger partial charge in [0, 0.05) is 13.5 Å². The number of carbonyl (C=O) groups excluding carboxylic acids is 2. The van der Waals surface area contributed by atoms with Gasteiger partial charge in [-0.1, -0.05) is 12.5 Å². The highest BCUT2D eigenvalue weighted by molar-refractivity contribution is 5.80. The maximum absolute atomic E-state index is 11.7. The third-order valence-corrected chi connectivity index (χ3v) is 4.47. The Kier molecular flexibility index (Phi) is 7.77. The molecule has 0 unspecified atom stereocenters. The molecule has 1 heterocycles. The van der Waals surface area contributed by atoms with Gasteiger partial charge in [0.15, 0.2) is 5.69 Å². The van der Waals surface area contributed by atoms with Crippen molar-refractivity contribution < 1.29 is 19.1 Å². The van der Waals surface area contributed by atoms with Gasteiger partial charge in [-0.25, -0.2) is 9.83 Å². The van der Waals surface area contributed by atoms with Gasteiger partial charge < -0.3 is 14.0 Å². The van der Waals surface area contributed by atoms with Crippen molar-refractivity contribution in [2.45, 2.75) is 66.5 Å². The van der Waals surface area contributed by atoms with Gasteiger partial charge in [-0.15, -0.1) is 0 Å². The molecule has 0 aliphatic heterocycles. The number of aromatic nitrogens is 2. The molecule has 0 radical (unpaired) electrons. The number of imidazole rings is 1. The number of fused-ring (bicyclic) bond motifs is 1. The molecule has 29 heavy (non-hydrogen) atoms. The van der Waals surface area contributed by atoms with Crippen LogP contribution in [0, 0.1) is 12.0 Å². The van der Waals surface area contributed by atoms with Gasteiger partial charge in [0.05, 0.1) is 29.6 Å². The highest BCUT2D eigenvalue weighted by atomic mass is 16.5. The lowest BCUT2D eigenvalue weighted by Crippen LogP contribution is -2.23. The fourth-order valence-electron chi connectivity index (χ4n) is 2.87. The number of esters is 2. The Balaban J connectivity index is 1.91. The van der Waals surface area contributed by atoms with Crippen molar-refractivity contribution in [3.63, 3.8) is 0 Å². The van der Waals surface area contributed by atoms with Crippen LogP contribution in [-0.4, -0.2) is 28.1 Å². The number of ether oxygens (including phenoxy) is 2. The molecule has 2 aromatic rings. The summed E-state index contributed by atoms with van der Waals surface area (Å²) in [4.78, 5) is 30.9. The van der Waals surface area contributed by atoms with E-state index < -0.39 is 5.41 Å². The van der Waals surface area contributed by atoms with E-state index in [1.807, 2.05) is 31.4 Å². The summed E-state index contributed by atoms with van der Waals surface area (Å²) in [5.74, 6) is 0.156. The minimum absolute atomic E-state index is 0.111. The number of nitrogens with zero attached hydrogens (tertiary/aromatic N) is 3. The van der Waals surface area contributed by atoms with Crippen molar-refractivity contribution in [1.29, 1.82) is 0 Å². The van der Waals surface area contributed by atoms with Crippen molar-refractivity contribution in [2.24, 2.45) is 5.41 Å². The first kappa shape index (κ1) is 22.4. The molecule has 0 aliphatic rings. The number of benzene rings is 1. The van der Waals surface area contributed by atoms with Crippen LogP contribution >= 0.6 is 0 Å². The summed E-state index contributed by atoms with van der Waals surface area (Å²) in [7, 11) is 0. The summed E-state index contributed by atoms with van der Waals surface area (Å²) in [6, 6.07) is 5.41. The van der Waals surface area contributed by atoms with E-state index in [0.717, 1.165) is 43.3 Å². The molecule has 0 aliphatic carbocycles. The van der Waals surface area contributed by atoms with E-state index >= 15 is 0 Å². The monoisotopic (exact) mass is 399 g/mol. The van der Waals surface area contributed by atoms with Crippen LogP contribution in [0.1, 0.15) is 59.2 Å². The van der Waals surface area contributed by atoms with Gasteiger partial charge in [0.1, 0.15) is 12.4 Å². The van der Waals surface area contributed by atoms with Crippen LogP contribution in [0.2, 0.25) is 0 Å². The van der Waals surface area contributed by atoms with Crippen molar-refractivity contribution in [2.75, 3.05) is 6.61 Å². The lowest BCUT2D eigenvalue weighted by atomic mass is 9.97. The second kappa shape index (κ2) is 10.1. The molecule has 0 spiro atoms. The maximum atomic E-state index is 11.7. The highest BCUT2D eigenvalue weighted by Crippen LogP contribution is 2.23. The van der Waals surface area contributed by atoms with Crippen molar-refractivity contribution in [3.05, 3.63) is 35.4 Å². The Hall–Kier alpha value is -2.88. The number of hydrogen-bond donors (Lipinski definition) is 0. The normalized spacial score (nSPS) is 11.3. The third kappa shape index (κ3) is 6.60. The molecule has 1 aromatic heterocycles. The second-order valence-electron chi connectivity index (χ2n) is 8.04. The molecule has 156 valence electrons. The molecular formula is C22H29N3O4. The third-order valence-electron chi connectivity index (χ3n) is 4.47. The number of carbonyl (C=O) groups is 2. The SMILES string of the molecule is [C-]#[N+]c1ccc2c(c1)nc(COC(C)=O)n2CCCCCCOC(=O)C(C)(C)C. The minimum atomic E-state index is -0.464. The first-order valence-electron chi connectivity index (χ1n) is 9.89. The van der Waals surface area contributed by atoms with Crippen LogP contribution in [0.5, 0.6) is 0 Å². The molecule has 0 bridgehead atoms. The summed E-state index contributed by atoms with van der Waals surface area (Å²) < 4.78 is 12.5. The zero-order chi connectivity index (χ0) is 21.4. The Morgan fingerprint density at radius 2 is 1.86 bits per heavy atom. The molecule has 0 fully saturated rings. The van der Waals surface area contributed by atoms with E-state index in [9.17, 15) is 9.59 Å². The van der Waals surface area contributed by atoms with Gasteiger partial charge in [-0.2, -0.15) is 0 Å². The zero-order valence-corrected chi connectivity index (χ0v) is 17.7. The van der Waals surface area contributed by atoms with Crippen LogP contribution in [0.15, 0.2) is 18.2 Å². The van der Waals surface area contributed by atoms with Crippen LogP contribution in [0.3, 0.4) is 0 Å². The molecular weight excluding hydrogens is 370 g/mol. The van der Waals surface area contributed by atoms with Crippen molar-refractivity contribution in [1.82, 2.24) is 9.55 Å². The number of aryl methyl sites for hydroxylation is 1. The number of rotatable bonds is 9. The fourth-order valence-corrected chi connectivity index (χ4v) is 2.87. The summed E-state index contributed by atoms with van der Waals surface area (Å²) in [6.07, 6.45) is 3.71. The van der Waals surface area contributed by atoms with Gasteiger partial charge >= 0.3 is 11.9 Å². The predicted molar refractivity (Wildman–Crippen MR) is 110 cm³/mol. The molecule has 0 atom stereocenters. The first-order chi connectivity index (χ1) is 13.7. The molecule has 1 aromatic carbocycles. The standard InChI is InChI=1S/C22H29N3O4/c1-16(26)29-15-20-24-18-14-17(23-5)10-11-19(18)25(20)12-8-6-7-9-13-28-21(27)22(2,3)4/h10-11,14H,6-9,12-13,15H2,1-4H3. The molecule has 0 N–H and O–H groups in total. The smallest absolute Gasteiger partial charge is 0.311 e. The quantitative estimate of drug-likeness (QED) is 0.344. The summed E-state index contributed by atoms with van der Waals surface area (Å²) in [6.45, 7) is 15.4. The maximum Gasteiger partial charge on any atom is 0.311 e. The topological polar surface area (TPSA) is 74.8 Å². The highest BCUT2D eigenvalue weighted by Gasteiger charge is 2.22. The lowest BCUT2D eigenvalue weighted by molar-refractivity contribution is -0.153. The van der Waals surface area contributed by atoms with Gasteiger partial charge in [-0.05, 0) is 52.2 Å². The van der Waals surface area contributed by atoms with E-state index in [1.165, 1.54) is 6.92 Å². The molecule has 2 rings (SSSR count). The van der Waals surface area contributed by atoms with Crippen LogP contribution < -0.4 is 0 Å². The number of unbranched alkanes of at least 4 members (excludes halogenated alkanes) is 3. The van der Waals surface area contributed by atoms with Crippen LogP contribution in [0.25, 0.3) is 15.9 Å². The first-order valence-corrected chi connectivity index (χ1v) is 9.89. The fraction of sp³-hybridized carbons (Fsp3) is 0.545. The second-order valence-corrected chi connectivity index (χ2v) is 8.04. The Morgan fingerprint density at radius 1 is 1.14 bits per heavy atom. The van der Waals surface area contributed by atoms with Crippen molar-refractivity contribution in [3.8, 4) is 0 Å². The Bertz CT molecular complexity index is 903. The largest absolute Gasteiger partial charge is 0.465 e. The Morgan fingerprint density at radius 3 is 2.52 bits per heavy atom. The average molecular weight is 399 g/mol. The summed E-state index contributed by atoms with van der Waals surface area (Å²) >= 11 is 0. The van der Waals surface area contributed by atoms with E-state index in [2.05, 4.69) is 9.83 Å². The van der Waals surface area contributed by atoms with Crippen LogP contribution in [-0.2, 0) is 32.2 Å². The minimum Gasteiger partial charge on any atom is -0.465 e. The van der Waals surface area contributed by atoms with Crippen molar-refractivity contribution >= 4 is 28.7 Å². The van der Waals surface area contributed by atoms with Gasteiger partial charge in [-0.3, -0.25) is 9.59 Å². The summed E-state index contributed by atoms with van der Waals surface area (Å²) in [5.41, 5.74) is 1.73. The van der Waals surface area contributed by atoms with E-state index in [1.54, 1.807) is 12.1 Å². The average Bonchev–Trinajstić information content (AvgIpc) is 3.01. The lowest BCUT2D eigenvalue weighted by Gasteiger charge is -2.16. The molecule has 7 nitrogen and oxygen atoms in total. The molecule has 0 amide bonds. The summed E-state index contributed by atoms with van der Waals surface area (Å²) in [5, 5.41) is 0.